The average Bonchev–Trinajstić information content (AvgIpc) is 2.53. The first-order valence-corrected chi connectivity index (χ1v) is 7.62. The molecule has 0 heterocycles. The fourth-order valence-corrected chi connectivity index (χ4v) is 2.21. The Morgan fingerprint density at radius 1 is 0.810 bits per heavy atom. The quantitative estimate of drug-likeness (QED) is 0.522. The van der Waals surface area contributed by atoms with Crippen LogP contribution in [0.15, 0.2) is 61.2 Å². The molecule has 0 amide bonds. The molecule has 0 aliphatic carbocycles. The molecule has 0 nitrogen and oxygen atoms in total. The fraction of sp³-hybridized carbons (Fsp3) is 0.238. The van der Waals surface area contributed by atoms with Gasteiger partial charge in [-0.05, 0) is 54.7 Å². The Hall–Kier alpha value is -2.26. The van der Waals surface area contributed by atoms with E-state index in [1.807, 2.05) is 6.08 Å². The number of rotatable bonds is 5. The standard InChI is InChI=1S/C21H22/c1-3-5-7-19-10-14-21(15-11-19)17-16-20-12-8-18(6-4-2)9-13-20/h3,8-15H,1,4-7H2,2H3. The van der Waals surface area contributed by atoms with E-state index in [4.69, 9.17) is 0 Å². The molecule has 0 aliphatic heterocycles. The summed E-state index contributed by atoms with van der Waals surface area (Å²) in [6.07, 6.45) is 6.35. The lowest BCUT2D eigenvalue weighted by molar-refractivity contribution is 0.922. The van der Waals surface area contributed by atoms with Crippen LogP contribution in [0.1, 0.15) is 42.0 Å². The summed E-state index contributed by atoms with van der Waals surface area (Å²) >= 11 is 0. The van der Waals surface area contributed by atoms with Crippen LogP contribution in [-0.4, -0.2) is 0 Å². The first kappa shape index (κ1) is 15.1. The number of hydrogen-bond acceptors (Lipinski definition) is 0. The van der Waals surface area contributed by atoms with Gasteiger partial charge in [-0.3, -0.25) is 0 Å². The zero-order chi connectivity index (χ0) is 14.9. The van der Waals surface area contributed by atoms with Crippen LogP contribution < -0.4 is 0 Å². The molecule has 106 valence electrons. The highest BCUT2D eigenvalue weighted by atomic mass is 14.0. The third-order valence-electron chi connectivity index (χ3n) is 3.43. The van der Waals surface area contributed by atoms with Gasteiger partial charge in [-0.15, -0.1) is 6.58 Å². The second kappa shape index (κ2) is 8.12. The van der Waals surface area contributed by atoms with E-state index in [-0.39, 0.29) is 0 Å². The molecule has 0 radical (unpaired) electrons. The third-order valence-corrected chi connectivity index (χ3v) is 3.43. The van der Waals surface area contributed by atoms with Crippen molar-refractivity contribution in [1.29, 1.82) is 0 Å². The van der Waals surface area contributed by atoms with Gasteiger partial charge in [-0.1, -0.05) is 55.5 Å². The van der Waals surface area contributed by atoms with E-state index in [9.17, 15) is 0 Å². The summed E-state index contributed by atoms with van der Waals surface area (Å²) in [4.78, 5) is 0. The average molecular weight is 274 g/mol. The summed E-state index contributed by atoms with van der Waals surface area (Å²) in [5.74, 6) is 6.45. The van der Waals surface area contributed by atoms with Crippen LogP contribution in [0.3, 0.4) is 0 Å². The highest BCUT2D eigenvalue weighted by Gasteiger charge is 1.93. The second-order valence-electron chi connectivity index (χ2n) is 5.22. The molecular weight excluding hydrogens is 252 g/mol. The molecule has 0 aliphatic rings. The number of benzene rings is 2. The van der Waals surface area contributed by atoms with Crippen molar-refractivity contribution in [1.82, 2.24) is 0 Å². The first-order valence-electron chi connectivity index (χ1n) is 7.62. The minimum atomic E-state index is 1.02. The smallest absolute Gasteiger partial charge is 0.0249 e. The summed E-state index contributed by atoms with van der Waals surface area (Å²) in [6, 6.07) is 17.0. The van der Waals surface area contributed by atoms with Gasteiger partial charge in [-0.2, -0.15) is 0 Å². The van der Waals surface area contributed by atoms with Crippen molar-refractivity contribution in [2.24, 2.45) is 0 Å². The van der Waals surface area contributed by atoms with E-state index < -0.39 is 0 Å². The van der Waals surface area contributed by atoms with Crippen molar-refractivity contribution in [3.05, 3.63) is 83.4 Å². The lowest BCUT2D eigenvalue weighted by atomic mass is 10.1. The van der Waals surface area contributed by atoms with Crippen molar-refractivity contribution in [3.63, 3.8) is 0 Å². The van der Waals surface area contributed by atoms with Gasteiger partial charge in [0.05, 0.1) is 0 Å². The SMILES string of the molecule is C=CCCc1ccc(C#Cc2ccc(CCC)cc2)cc1. The number of hydrogen-bond donors (Lipinski definition) is 0. The molecule has 0 spiro atoms. The molecule has 21 heavy (non-hydrogen) atoms. The van der Waals surface area contributed by atoms with Crippen LogP contribution >= 0.6 is 0 Å². The normalized spacial score (nSPS) is 9.76. The second-order valence-corrected chi connectivity index (χ2v) is 5.22. The molecule has 2 rings (SSSR count). The predicted octanol–water partition coefficient (Wildman–Crippen LogP) is 5.16. The maximum Gasteiger partial charge on any atom is 0.0249 e. The molecular formula is C21H22. The van der Waals surface area contributed by atoms with Crippen LogP contribution in [0, 0.1) is 11.8 Å². The number of allylic oxidation sites excluding steroid dienone is 1. The summed E-state index contributed by atoms with van der Waals surface area (Å²) in [6.45, 7) is 5.95. The van der Waals surface area contributed by atoms with Crippen LogP contribution in [0.25, 0.3) is 0 Å². The minimum absolute atomic E-state index is 1.02. The molecule has 0 heteroatoms. The fourth-order valence-electron chi connectivity index (χ4n) is 2.21. The molecule has 0 fully saturated rings. The van der Waals surface area contributed by atoms with E-state index in [1.165, 1.54) is 17.5 Å². The molecule has 0 atom stereocenters. The van der Waals surface area contributed by atoms with Crippen molar-refractivity contribution in [2.75, 3.05) is 0 Å². The van der Waals surface area contributed by atoms with Gasteiger partial charge in [0.25, 0.3) is 0 Å². The van der Waals surface area contributed by atoms with Crippen LogP contribution in [0.4, 0.5) is 0 Å². The minimum Gasteiger partial charge on any atom is -0.103 e. The molecule has 2 aromatic rings. The Morgan fingerprint density at radius 3 is 1.71 bits per heavy atom. The Bertz CT molecular complexity index is 618. The Balaban J connectivity index is 2.02. The van der Waals surface area contributed by atoms with E-state index in [1.54, 1.807) is 0 Å². The Kier molecular flexibility index (Phi) is 5.85. The van der Waals surface area contributed by atoms with Crippen LogP contribution in [-0.2, 0) is 12.8 Å². The maximum atomic E-state index is 3.75. The largest absolute Gasteiger partial charge is 0.103 e. The maximum absolute atomic E-state index is 3.75. The van der Waals surface area contributed by atoms with Crippen molar-refractivity contribution in [2.45, 2.75) is 32.6 Å². The predicted molar refractivity (Wildman–Crippen MR) is 91.4 cm³/mol. The van der Waals surface area contributed by atoms with E-state index in [0.29, 0.717) is 0 Å². The highest BCUT2D eigenvalue weighted by Crippen LogP contribution is 2.08. The summed E-state index contributed by atoms with van der Waals surface area (Å²) in [5, 5.41) is 0. The molecule has 0 bridgehead atoms. The molecule has 0 N–H and O–H groups in total. The van der Waals surface area contributed by atoms with E-state index >= 15 is 0 Å². The Labute approximate surface area is 128 Å². The summed E-state index contributed by atoms with van der Waals surface area (Å²) in [5.41, 5.74) is 4.86. The van der Waals surface area contributed by atoms with E-state index in [0.717, 1.165) is 30.4 Å². The topological polar surface area (TPSA) is 0 Å². The Morgan fingerprint density at radius 2 is 1.29 bits per heavy atom. The van der Waals surface area contributed by atoms with Gasteiger partial charge < -0.3 is 0 Å². The van der Waals surface area contributed by atoms with Gasteiger partial charge in [0, 0.05) is 11.1 Å². The molecule has 0 saturated carbocycles. The van der Waals surface area contributed by atoms with E-state index in [2.05, 4.69) is 73.9 Å². The molecule has 0 saturated heterocycles. The van der Waals surface area contributed by atoms with Crippen LogP contribution in [0.5, 0.6) is 0 Å². The highest BCUT2D eigenvalue weighted by molar-refractivity contribution is 5.44. The van der Waals surface area contributed by atoms with Gasteiger partial charge in [0.15, 0.2) is 0 Å². The molecule has 2 aromatic carbocycles. The van der Waals surface area contributed by atoms with Gasteiger partial charge >= 0.3 is 0 Å². The van der Waals surface area contributed by atoms with Crippen LogP contribution in [0.2, 0.25) is 0 Å². The third kappa shape index (κ3) is 4.97. The summed E-state index contributed by atoms with van der Waals surface area (Å²) in [7, 11) is 0. The van der Waals surface area contributed by atoms with Gasteiger partial charge in [-0.25, -0.2) is 0 Å². The lowest BCUT2D eigenvalue weighted by Crippen LogP contribution is -1.84. The van der Waals surface area contributed by atoms with Crippen molar-refractivity contribution in [3.8, 4) is 11.8 Å². The molecule has 0 unspecified atom stereocenters. The number of aryl methyl sites for hydroxylation is 2. The first-order chi connectivity index (χ1) is 10.3. The molecule has 0 aromatic heterocycles. The lowest BCUT2D eigenvalue weighted by Gasteiger charge is -1.99. The van der Waals surface area contributed by atoms with Crippen molar-refractivity contribution >= 4 is 0 Å². The monoisotopic (exact) mass is 274 g/mol. The van der Waals surface area contributed by atoms with Crippen molar-refractivity contribution < 1.29 is 0 Å². The zero-order valence-electron chi connectivity index (χ0n) is 12.7. The van der Waals surface area contributed by atoms with Gasteiger partial charge in [0.2, 0.25) is 0 Å². The van der Waals surface area contributed by atoms with Gasteiger partial charge in [0.1, 0.15) is 0 Å². The summed E-state index contributed by atoms with van der Waals surface area (Å²) < 4.78 is 0. The zero-order valence-corrected chi connectivity index (χ0v) is 12.7.